The Balaban J connectivity index is 2.71. The zero-order valence-corrected chi connectivity index (χ0v) is 7.76. The summed E-state index contributed by atoms with van der Waals surface area (Å²) < 4.78 is 24.3. The van der Waals surface area contributed by atoms with E-state index in [9.17, 15) is 8.78 Å². The molecule has 0 N–H and O–H groups in total. The molecule has 64 valence electrons. The van der Waals surface area contributed by atoms with E-state index in [1.165, 1.54) is 6.08 Å². The highest BCUT2D eigenvalue weighted by atomic mass is 79.9. The molecule has 0 fully saturated rings. The molecule has 0 saturated carbocycles. The van der Waals surface area contributed by atoms with E-state index in [-0.39, 0.29) is 0 Å². The molecule has 12 heavy (non-hydrogen) atoms. The molecule has 1 aromatic rings. The second kappa shape index (κ2) is 4.36. The van der Waals surface area contributed by atoms with E-state index in [1.54, 1.807) is 12.1 Å². The molecule has 0 aliphatic rings. The van der Waals surface area contributed by atoms with E-state index >= 15 is 0 Å². The van der Waals surface area contributed by atoms with Gasteiger partial charge in [-0.3, -0.25) is 0 Å². The van der Waals surface area contributed by atoms with E-state index in [2.05, 4.69) is 15.9 Å². The van der Waals surface area contributed by atoms with Gasteiger partial charge in [0.15, 0.2) is 0 Å². The quantitative estimate of drug-likeness (QED) is 0.730. The van der Waals surface area contributed by atoms with Crippen molar-refractivity contribution in [3.63, 3.8) is 0 Å². The Morgan fingerprint density at radius 2 is 1.75 bits per heavy atom. The van der Waals surface area contributed by atoms with Crippen LogP contribution >= 0.6 is 15.9 Å². The van der Waals surface area contributed by atoms with Crippen molar-refractivity contribution in [2.24, 2.45) is 0 Å². The molecule has 0 unspecified atom stereocenters. The Hall–Kier alpha value is -0.700. The van der Waals surface area contributed by atoms with Crippen LogP contribution in [0, 0.1) is 0 Å². The smallest absolute Gasteiger partial charge is 0.206 e. The highest BCUT2D eigenvalue weighted by Gasteiger charge is 1.93. The largest absolute Gasteiger partial charge is 0.257 e. The van der Waals surface area contributed by atoms with Crippen LogP contribution in [0.3, 0.4) is 0 Å². The molecular weight excluding hydrogens is 226 g/mol. The van der Waals surface area contributed by atoms with Crippen LogP contribution in [0.15, 0.2) is 34.8 Å². The predicted octanol–water partition coefficient (Wildman–Crippen LogP) is 3.73. The van der Waals surface area contributed by atoms with Crippen LogP contribution in [0.2, 0.25) is 0 Å². The number of allylic oxidation sites excluding steroid dienone is 1. The Kier molecular flexibility index (Phi) is 3.41. The molecule has 0 aliphatic carbocycles. The summed E-state index contributed by atoms with van der Waals surface area (Å²) in [6.45, 7) is 0. The molecule has 0 aliphatic heterocycles. The van der Waals surface area contributed by atoms with Crippen LogP contribution < -0.4 is 0 Å². The number of hydrogen-bond acceptors (Lipinski definition) is 0. The summed E-state index contributed by atoms with van der Waals surface area (Å²) in [5.74, 6) is 0. The minimum Gasteiger partial charge on any atom is -0.206 e. The standard InChI is InChI=1S/C9H7BrF2/c10-8-4-1-7(2-5-8)3-6-9(11)12/h1-6,9H/b6-3-. The van der Waals surface area contributed by atoms with Gasteiger partial charge in [0.2, 0.25) is 0 Å². The molecule has 3 heteroatoms. The molecule has 0 saturated heterocycles. The monoisotopic (exact) mass is 232 g/mol. The normalized spacial score (nSPS) is 11.3. The lowest BCUT2D eigenvalue weighted by Gasteiger charge is -1.93. The van der Waals surface area contributed by atoms with Gasteiger partial charge in [-0.05, 0) is 23.8 Å². The molecule has 0 heterocycles. The Bertz CT molecular complexity index is 264. The van der Waals surface area contributed by atoms with Crippen molar-refractivity contribution in [2.75, 3.05) is 0 Å². The van der Waals surface area contributed by atoms with E-state index < -0.39 is 6.43 Å². The lowest BCUT2D eigenvalue weighted by atomic mass is 10.2. The van der Waals surface area contributed by atoms with E-state index in [0.717, 1.165) is 16.1 Å². The van der Waals surface area contributed by atoms with Gasteiger partial charge in [0.1, 0.15) is 0 Å². The summed E-state index contributed by atoms with van der Waals surface area (Å²) >= 11 is 3.25. The minimum absolute atomic E-state index is 0.776. The number of rotatable bonds is 2. The summed E-state index contributed by atoms with van der Waals surface area (Å²) in [5.41, 5.74) is 0.776. The van der Waals surface area contributed by atoms with Crippen molar-refractivity contribution in [3.05, 3.63) is 40.4 Å². The first-order valence-electron chi connectivity index (χ1n) is 3.40. The van der Waals surface area contributed by atoms with Crippen molar-refractivity contribution in [2.45, 2.75) is 6.43 Å². The maximum atomic E-state index is 11.7. The number of hydrogen-bond donors (Lipinski definition) is 0. The molecule has 1 rings (SSSR count). The average molecular weight is 233 g/mol. The molecule has 0 amide bonds. The van der Waals surface area contributed by atoms with Crippen LogP contribution in [0.5, 0.6) is 0 Å². The van der Waals surface area contributed by atoms with Crippen molar-refractivity contribution in [3.8, 4) is 0 Å². The third-order valence-corrected chi connectivity index (χ3v) is 1.83. The fourth-order valence-electron chi connectivity index (χ4n) is 0.758. The van der Waals surface area contributed by atoms with Gasteiger partial charge >= 0.3 is 0 Å². The maximum Gasteiger partial charge on any atom is 0.257 e. The summed E-state index contributed by atoms with van der Waals surface area (Å²) in [6, 6.07) is 7.15. The van der Waals surface area contributed by atoms with Crippen molar-refractivity contribution < 1.29 is 8.78 Å². The third kappa shape index (κ3) is 3.13. The van der Waals surface area contributed by atoms with E-state index in [4.69, 9.17) is 0 Å². The number of benzene rings is 1. The van der Waals surface area contributed by atoms with Crippen molar-refractivity contribution in [1.29, 1.82) is 0 Å². The summed E-state index contributed by atoms with van der Waals surface area (Å²) in [5, 5.41) is 0. The van der Waals surface area contributed by atoms with Gasteiger partial charge in [-0.25, -0.2) is 8.78 Å². The first-order chi connectivity index (χ1) is 5.68. The van der Waals surface area contributed by atoms with Gasteiger partial charge in [-0.1, -0.05) is 34.1 Å². The molecule has 0 nitrogen and oxygen atoms in total. The molecule has 0 atom stereocenters. The van der Waals surface area contributed by atoms with E-state index in [1.807, 2.05) is 12.1 Å². The summed E-state index contributed by atoms with van der Waals surface area (Å²) in [4.78, 5) is 0. The number of alkyl halides is 2. The summed E-state index contributed by atoms with van der Waals surface area (Å²) in [6.07, 6.45) is -0.117. The van der Waals surface area contributed by atoms with E-state index in [0.29, 0.717) is 0 Å². The fraction of sp³-hybridized carbons (Fsp3) is 0.111. The fourth-order valence-corrected chi connectivity index (χ4v) is 1.02. The van der Waals surface area contributed by atoms with Gasteiger partial charge < -0.3 is 0 Å². The topological polar surface area (TPSA) is 0 Å². The van der Waals surface area contributed by atoms with Gasteiger partial charge in [0.05, 0.1) is 0 Å². The van der Waals surface area contributed by atoms with Crippen molar-refractivity contribution in [1.82, 2.24) is 0 Å². The van der Waals surface area contributed by atoms with Crippen LogP contribution in [0.4, 0.5) is 8.78 Å². The average Bonchev–Trinajstić information content (AvgIpc) is 2.03. The highest BCUT2D eigenvalue weighted by molar-refractivity contribution is 9.10. The van der Waals surface area contributed by atoms with Gasteiger partial charge in [-0.15, -0.1) is 0 Å². The van der Waals surface area contributed by atoms with Crippen LogP contribution in [0.25, 0.3) is 6.08 Å². The Morgan fingerprint density at radius 3 is 2.25 bits per heavy atom. The second-order valence-corrected chi connectivity index (χ2v) is 3.16. The molecule has 0 spiro atoms. The third-order valence-electron chi connectivity index (χ3n) is 1.30. The highest BCUT2D eigenvalue weighted by Crippen LogP contribution is 2.12. The first-order valence-corrected chi connectivity index (χ1v) is 4.20. The van der Waals surface area contributed by atoms with Gasteiger partial charge in [0, 0.05) is 4.47 Å². The Labute approximate surface area is 78.0 Å². The molecule has 0 radical (unpaired) electrons. The Morgan fingerprint density at radius 1 is 1.17 bits per heavy atom. The van der Waals surface area contributed by atoms with Crippen LogP contribution in [0.1, 0.15) is 5.56 Å². The molecule has 0 aromatic heterocycles. The zero-order chi connectivity index (χ0) is 8.97. The predicted molar refractivity (Wildman–Crippen MR) is 49.2 cm³/mol. The molecule has 1 aromatic carbocycles. The zero-order valence-electron chi connectivity index (χ0n) is 6.18. The lowest BCUT2D eigenvalue weighted by molar-refractivity contribution is 0.205. The van der Waals surface area contributed by atoms with Gasteiger partial charge in [0.25, 0.3) is 6.43 Å². The lowest BCUT2D eigenvalue weighted by Crippen LogP contribution is -1.79. The van der Waals surface area contributed by atoms with Crippen LogP contribution in [-0.4, -0.2) is 6.43 Å². The van der Waals surface area contributed by atoms with Crippen LogP contribution in [-0.2, 0) is 0 Å². The molecule has 0 bridgehead atoms. The number of halogens is 3. The summed E-state index contributed by atoms with van der Waals surface area (Å²) in [7, 11) is 0. The molecular formula is C9H7BrF2. The first kappa shape index (κ1) is 9.39. The second-order valence-electron chi connectivity index (χ2n) is 2.25. The SMILES string of the molecule is FC(F)/C=C\c1ccc(Br)cc1. The maximum absolute atomic E-state index is 11.7. The van der Waals surface area contributed by atoms with Gasteiger partial charge in [-0.2, -0.15) is 0 Å². The van der Waals surface area contributed by atoms with Crippen molar-refractivity contribution >= 4 is 22.0 Å². The minimum atomic E-state index is -2.38.